The summed E-state index contributed by atoms with van der Waals surface area (Å²) < 4.78 is 47.1. The molecular weight excluding hydrogens is 566 g/mol. The average molecular weight is 597 g/mol. The first-order valence-electron chi connectivity index (χ1n) is 12.7. The maximum absolute atomic E-state index is 13.3. The van der Waals surface area contributed by atoms with Gasteiger partial charge in [-0.15, -0.1) is 0 Å². The van der Waals surface area contributed by atoms with Crippen molar-refractivity contribution < 1.29 is 23.0 Å². The van der Waals surface area contributed by atoms with Crippen LogP contribution in [-0.2, 0) is 22.9 Å². The van der Waals surface area contributed by atoms with E-state index in [1.165, 1.54) is 0 Å². The monoisotopic (exact) mass is 597 g/mol. The molecule has 2 fully saturated rings. The summed E-state index contributed by atoms with van der Waals surface area (Å²) in [6.07, 6.45) is 2.28. The van der Waals surface area contributed by atoms with Gasteiger partial charge in [-0.1, -0.05) is 55.0 Å². The highest BCUT2D eigenvalue weighted by Crippen LogP contribution is 2.61. The number of rotatable bonds is 2. The highest BCUT2D eigenvalue weighted by molar-refractivity contribution is 14.1. The number of nitrogens with zero attached hydrogens (tertiary/aromatic N) is 1. The molecule has 35 heavy (non-hydrogen) atoms. The zero-order valence-electron chi connectivity index (χ0n) is 20.1. The Labute approximate surface area is 218 Å². The molecule has 4 atom stereocenters. The summed E-state index contributed by atoms with van der Waals surface area (Å²) >= 11 is 2.49. The number of pyridine rings is 1. The molecular formula is C28H31F3INO2. The molecule has 6 rings (SSSR count). The highest BCUT2D eigenvalue weighted by atomic mass is 127. The second kappa shape index (κ2) is 8.15. The molecule has 1 spiro atoms. The molecule has 3 aliphatic carbocycles. The summed E-state index contributed by atoms with van der Waals surface area (Å²) in [7, 11) is 0. The van der Waals surface area contributed by atoms with Crippen LogP contribution in [0.15, 0.2) is 24.3 Å². The van der Waals surface area contributed by atoms with Gasteiger partial charge in [-0.3, -0.25) is 4.98 Å². The topological polar surface area (TPSA) is 42.4 Å². The number of benzene rings is 1. The molecule has 0 saturated heterocycles. The predicted molar refractivity (Wildman–Crippen MR) is 136 cm³/mol. The minimum atomic E-state index is -4.37. The third kappa shape index (κ3) is 3.78. The van der Waals surface area contributed by atoms with E-state index in [0.29, 0.717) is 12.3 Å². The molecule has 7 heteroatoms. The van der Waals surface area contributed by atoms with Gasteiger partial charge in [-0.2, -0.15) is 13.2 Å². The van der Waals surface area contributed by atoms with Crippen molar-refractivity contribution >= 4 is 22.6 Å². The maximum atomic E-state index is 13.3. The number of aromatic nitrogens is 1. The fraction of sp³-hybridized carbons (Fsp3) is 0.607. The molecule has 0 bridgehead atoms. The number of aliphatic hydroxyl groups is 1. The summed E-state index contributed by atoms with van der Waals surface area (Å²) in [6.45, 7) is 4.37. The summed E-state index contributed by atoms with van der Waals surface area (Å²) in [6, 6.07) is 5.45. The Morgan fingerprint density at radius 3 is 2.34 bits per heavy atom. The van der Waals surface area contributed by atoms with E-state index in [4.69, 9.17) is 9.72 Å². The first-order valence-corrected chi connectivity index (χ1v) is 14.0. The van der Waals surface area contributed by atoms with Gasteiger partial charge in [0.2, 0.25) is 0 Å². The van der Waals surface area contributed by atoms with Gasteiger partial charge < -0.3 is 9.84 Å². The molecule has 4 unspecified atom stereocenters. The Morgan fingerprint density at radius 1 is 1.06 bits per heavy atom. The van der Waals surface area contributed by atoms with Gasteiger partial charge in [0.15, 0.2) is 0 Å². The third-order valence-electron chi connectivity index (χ3n) is 8.66. The van der Waals surface area contributed by atoms with Crippen LogP contribution >= 0.6 is 22.6 Å². The molecule has 0 amide bonds. The SMILES string of the molecule is CC1(C)Cc2nc(C3CCC3)c3c(c2C(O)C1)C1(CCCC1I)OC3c1ccc(C(F)(F)F)cc1. The van der Waals surface area contributed by atoms with E-state index in [1.807, 2.05) is 0 Å². The van der Waals surface area contributed by atoms with Crippen molar-refractivity contribution in [3.05, 3.63) is 63.5 Å². The third-order valence-corrected chi connectivity index (χ3v) is 10.3. The van der Waals surface area contributed by atoms with Crippen LogP contribution in [0.1, 0.15) is 116 Å². The van der Waals surface area contributed by atoms with Crippen LogP contribution in [0.5, 0.6) is 0 Å². The number of fused-ring (bicyclic) bond motifs is 4. The lowest BCUT2D eigenvalue weighted by Crippen LogP contribution is -2.36. The van der Waals surface area contributed by atoms with Crippen LogP contribution < -0.4 is 0 Å². The Morgan fingerprint density at radius 2 is 1.77 bits per heavy atom. The molecule has 188 valence electrons. The number of ether oxygens (including phenoxy) is 1. The summed E-state index contributed by atoms with van der Waals surface area (Å²) in [5.74, 6) is 0.348. The lowest BCUT2D eigenvalue weighted by atomic mass is 9.69. The minimum absolute atomic E-state index is 0.0383. The normalized spacial score (nSPS) is 31.9. The van der Waals surface area contributed by atoms with Crippen LogP contribution in [0.3, 0.4) is 0 Å². The first-order chi connectivity index (χ1) is 16.5. The standard InChI is InChI=1S/C28H31F3INO2/c1-26(2)13-18-21(19(34)14-26)23-22(24(33-18)15-5-3-6-15)25(35-27(23)12-4-7-20(27)32)16-8-10-17(11-9-16)28(29,30)31/h8-11,15,19-20,25,34H,3-7,12-14H2,1-2H3. The summed E-state index contributed by atoms with van der Waals surface area (Å²) in [4.78, 5) is 5.24. The Bertz CT molecular complexity index is 1160. The van der Waals surface area contributed by atoms with Gasteiger partial charge in [0.25, 0.3) is 0 Å². The largest absolute Gasteiger partial charge is 0.416 e. The van der Waals surface area contributed by atoms with Crippen molar-refractivity contribution in [3.63, 3.8) is 0 Å². The zero-order chi connectivity index (χ0) is 24.8. The molecule has 1 N–H and O–H groups in total. The number of hydrogen-bond acceptors (Lipinski definition) is 3. The predicted octanol–water partition coefficient (Wildman–Crippen LogP) is 7.68. The van der Waals surface area contributed by atoms with Crippen LogP contribution in [0, 0.1) is 5.41 Å². The highest BCUT2D eigenvalue weighted by Gasteiger charge is 2.56. The Kier molecular flexibility index (Phi) is 5.63. The number of halogens is 4. The molecule has 0 radical (unpaired) electrons. The van der Waals surface area contributed by atoms with E-state index in [-0.39, 0.29) is 9.34 Å². The molecule has 4 aliphatic rings. The fourth-order valence-electron chi connectivity index (χ4n) is 6.80. The fourth-order valence-corrected chi connectivity index (χ4v) is 8.01. The lowest BCUT2D eigenvalue weighted by Gasteiger charge is -2.39. The Balaban J connectivity index is 1.59. The second-order valence-corrected chi connectivity index (χ2v) is 13.2. The Hall–Kier alpha value is -1.19. The molecule has 2 aromatic rings. The van der Waals surface area contributed by atoms with Crippen molar-refractivity contribution in [1.82, 2.24) is 4.98 Å². The van der Waals surface area contributed by atoms with Crippen LogP contribution in [0.4, 0.5) is 13.2 Å². The van der Waals surface area contributed by atoms with Gasteiger partial charge in [-0.25, -0.2) is 0 Å². The number of hydrogen-bond donors (Lipinski definition) is 1. The molecule has 3 nitrogen and oxygen atoms in total. The van der Waals surface area contributed by atoms with E-state index in [0.717, 1.165) is 90.7 Å². The summed E-state index contributed by atoms with van der Waals surface area (Å²) in [5, 5.41) is 11.5. The van der Waals surface area contributed by atoms with Gasteiger partial charge in [0.1, 0.15) is 11.7 Å². The van der Waals surface area contributed by atoms with Gasteiger partial charge in [0, 0.05) is 32.2 Å². The minimum Gasteiger partial charge on any atom is -0.388 e. The van der Waals surface area contributed by atoms with Crippen molar-refractivity contribution in [2.45, 2.75) is 99.0 Å². The number of alkyl halides is 4. The van der Waals surface area contributed by atoms with E-state index in [2.05, 4.69) is 36.4 Å². The van der Waals surface area contributed by atoms with E-state index in [1.54, 1.807) is 12.1 Å². The first kappa shape index (κ1) is 24.2. The van der Waals surface area contributed by atoms with E-state index in [9.17, 15) is 18.3 Å². The molecule has 1 aromatic heterocycles. The lowest BCUT2D eigenvalue weighted by molar-refractivity contribution is -0.137. The quantitative estimate of drug-likeness (QED) is 0.285. The second-order valence-electron chi connectivity index (χ2n) is 11.7. The molecule has 1 aliphatic heterocycles. The molecule has 1 aromatic carbocycles. The summed E-state index contributed by atoms with van der Waals surface area (Å²) in [5.41, 5.74) is 4.68. The van der Waals surface area contributed by atoms with Gasteiger partial charge in [0.05, 0.1) is 17.4 Å². The molecule has 2 heterocycles. The van der Waals surface area contributed by atoms with Crippen molar-refractivity contribution in [2.75, 3.05) is 0 Å². The average Bonchev–Trinajstić information content (AvgIpc) is 3.26. The van der Waals surface area contributed by atoms with E-state index >= 15 is 0 Å². The van der Waals surface area contributed by atoms with Crippen molar-refractivity contribution in [2.24, 2.45) is 5.41 Å². The van der Waals surface area contributed by atoms with Crippen LogP contribution in [-0.4, -0.2) is 14.0 Å². The zero-order valence-corrected chi connectivity index (χ0v) is 22.2. The molecule has 2 saturated carbocycles. The van der Waals surface area contributed by atoms with E-state index < -0.39 is 29.5 Å². The maximum Gasteiger partial charge on any atom is 0.416 e. The van der Waals surface area contributed by atoms with Gasteiger partial charge >= 0.3 is 6.18 Å². The number of aliphatic hydroxyl groups excluding tert-OH is 1. The van der Waals surface area contributed by atoms with Crippen LogP contribution in [0.25, 0.3) is 0 Å². The van der Waals surface area contributed by atoms with Crippen molar-refractivity contribution in [3.8, 4) is 0 Å². The van der Waals surface area contributed by atoms with Crippen molar-refractivity contribution in [1.29, 1.82) is 0 Å². The smallest absolute Gasteiger partial charge is 0.388 e. The van der Waals surface area contributed by atoms with Gasteiger partial charge in [-0.05, 0) is 68.1 Å². The van der Waals surface area contributed by atoms with Crippen LogP contribution in [0.2, 0.25) is 0 Å².